The first-order chi connectivity index (χ1) is 11.3. The predicted octanol–water partition coefficient (Wildman–Crippen LogP) is 2.50. The van der Waals surface area contributed by atoms with E-state index < -0.39 is 10.8 Å². The molecule has 0 bridgehead atoms. The number of nitrogens with zero attached hydrogens (tertiary/aromatic N) is 2. The Balaban J connectivity index is 2.06. The van der Waals surface area contributed by atoms with Crippen LogP contribution in [0.1, 0.15) is 20.9 Å². The first-order valence-electron chi connectivity index (χ1n) is 6.73. The third-order valence-corrected chi connectivity index (χ3v) is 5.12. The number of aryl methyl sites for hydroxylation is 2. The van der Waals surface area contributed by atoms with Crippen LogP contribution in [0.25, 0.3) is 0 Å². The van der Waals surface area contributed by atoms with Crippen molar-refractivity contribution < 1.29 is 14.5 Å². The molecule has 1 aromatic heterocycles. The van der Waals surface area contributed by atoms with Gasteiger partial charge in [-0.1, -0.05) is 0 Å². The largest absolute Gasteiger partial charge is 0.366 e. The Morgan fingerprint density at radius 2 is 2.12 bits per heavy atom. The molecule has 0 aliphatic heterocycles. The van der Waals surface area contributed by atoms with Crippen LogP contribution in [0.4, 0.5) is 10.8 Å². The molecule has 2 aromatic rings. The maximum absolute atomic E-state index is 12.0. The smallest absolute Gasteiger partial charge is 0.283 e. The van der Waals surface area contributed by atoms with Gasteiger partial charge in [-0.3, -0.25) is 19.7 Å². The van der Waals surface area contributed by atoms with Crippen LogP contribution < -0.4 is 11.1 Å². The number of nitro groups is 1. The number of hydrogen-bond donors (Lipinski definition) is 2. The van der Waals surface area contributed by atoms with E-state index in [9.17, 15) is 19.7 Å². The van der Waals surface area contributed by atoms with Gasteiger partial charge in [-0.2, -0.15) is 0 Å². The zero-order valence-corrected chi connectivity index (χ0v) is 14.5. The third kappa shape index (κ3) is 4.30. The van der Waals surface area contributed by atoms with E-state index in [4.69, 9.17) is 5.73 Å². The molecule has 0 unspecified atom stereocenters. The SMILES string of the molecule is Cc1nc(NC(=O)CSc2ccc(C(N)=O)cc2[N+](=O)[O-])sc1C. The number of thioether (sulfide) groups is 1. The second kappa shape index (κ2) is 7.41. The highest BCUT2D eigenvalue weighted by Gasteiger charge is 2.18. The lowest BCUT2D eigenvalue weighted by atomic mass is 10.2. The minimum atomic E-state index is -0.748. The molecule has 3 N–H and O–H groups in total. The molecule has 10 heteroatoms. The molecule has 0 aliphatic carbocycles. The molecule has 0 spiro atoms. The van der Waals surface area contributed by atoms with E-state index in [2.05, 4.69) is 10.3 Å². The summed E-state index contributed by atoms with van der Waals surface area (Å²) in [5.74, 6) is -1.09. The molecule has 1 heterocycles. The maximum Gasteiger partial charge on any atom is 0.283 e. The fourth-order valence-corrected chi connectivity index (χ4v) is 3.40. The summed E-state index contributed by atoms with van der Waals surface area (Å²) < 4.78 is 0. The fraction of sp³-hybridized carbons (Fsp3) is 0.214. The number of carbonyl (C=O) groups excluding carboxylic acids is 2. The Morgan fingerprint density at radius 1 is 1.42 bits per heavy atom. The van der Waals surface area contributed by atoms with Crippen LogP contribution in [-0.4, -0.2) is 27.5 Å². The molecule has 126 valence electrons. The van der Waals surface area contributed by atoms with Crippen molar-refractivity contribution in [3.63, 3.8) is 0 Å². The summed E-state index contributed by atoms with van der Waals surface area (Å²) in [5, 5.41) is 14.3. The molecule has 2 amide bonds. The molecule has 0 saturated carbocycles. The minimum absolute atomic E-state index is 0.0194. The summed E-state index contributed by atoms with van der Waals surface area (Å²) in [5.41, 5.74) is 5.75. The number of thiazole rings is 1. The monoisotopic (exact) mass is 366 g/mol. The summed E-state index contributed by atoms with van der Waals surface area (Å²) in [4.78, 5) is 39.0. The minimum Gasteiger partial charge on any atom is -0.366 e. The molecule has 1 aromatic carbocycles. The number of rotatable bonds is 6. The van der Waals surface area contributed by atoms with Crippen molar-refractivity contribution in [2.45, 2.75) is 18.7 Å². The lowest BCUT2D eigenvalue weighted by Crippen LogP contribution is -2.14. The second-order valence-electron chi connectivity index (χ2n) is 4.80. The van der Waals surface area contributed by atoms with Gasteiger partial charge in [0.15, 0.2) is 5.13 Å². The van der Waals surface area contributed by atoms with Crippen molar-refractivity contribution in [1.29, 1.82) is 0 Å². The Bertz CT molecular complexity index is 800. The van der Waals surface area contributed by atoms with Crippen molar-refractivity contribution in [2.24, 2.45) is 5.73 Å². The number of nitrogens with one attached hydrogen (secondary N) is 1. The van der Waals surface area contributed by atoms with E-state index in [-0.39, 0.29) is 27.8 Å². The second-order valence-corrected chi connectivity index (χ2v) is 7.02. The van der Waals surface area contributed by atoms with Crippen LogP contribution in [0, 0.1) is 24.0 Å². The van der Waals surface area contributed by atoms with Crippen molar-refractivity contribution in [2.75, 3.05) is 11.1 Å². The van der Waals surface area contributed by atoms with Crippen LogP contribution in [0.15, 0.2) is 23.1 Å². The van der Waals surface area contributed by atoms with Gasteiger partial charge in [-0.15, -0.1) is 23.1 Å². The van der Waals surface area contributed by atoms with Gasteiger partial charge in [0.25, 0.3) is 5.69 Å². The molecule has 24 heavy (non-hydrogen) atoms. The van der Waals surface area contributed by atoms with Gasteiger partial charge in [0.2, 0.25) is 11.8 Å². The Kier molecular flexibility index (Phi) is 5.52. The Hall–Kier alpha value is -2.46. The summed E-state index contributed by atoms with van der Waals surface area (Å²) in [6.45, 7) is 3.75. The van der Waals surface area contributed by atoms with Gasteiger partial charge in [0.1, 0.15) is 0 Å². The summed E-state index contributed by atoms with van der Waals surface area (Å²) >= 11 is 2.37. The number of primary amides is 1. The number of aromatic nitrogens is 1. The molecule has 0 radical (unpaired) electrons. The Morgan fingerprint density at radius 3 is 2.67 bits per heavy atom. The zero-order valence-electron chi connectivity index (χ0n) is 12.9. The van der Waals surface area contributed by atoms with E-state index in [0.29, 0.717) is 5.13 Å². The molecular weight excluding hydrogens is 352 g/mol. The van der Waals surface area contributed by atoms with Crippen molar-refractivity contribution in [3.8, 4) is 0 Å². The van der Waals surface area contributed by atoms with E-state index in [1.807, 2.05) is 13.8 Å². The van der Waals surface area contributed by atoms with Crippen LogP contribution in [0.2, 0.25) is 0 Å². The average Bonchev–Trinajstić information content (AvgIpc) is 2.82. The van der Waals surface area contributed by atoms with Crippen molar-refractivity contribution in [1.82, 2.24) is 4.98 Å². The normalized spacial score (nSPS) is 10.4. The van der Waals surface area contributed by atoms with Gasteiger partial charge in [0, 0.05) is 16.5 Å². The van der Waals surface area contributed by atoms with Gasteiger partial charge in [0.05, 0.1) is 21.3 Å². The highest BCUT2D eigenvalue weighted by molar-refractivity contribution is 8.00. The first-order valence-corrected chi connectivity index (χ1v) is 8.53. The number of nitrogens with two attached hydrogens (primary N) is 1. The van der Waals surface area contributed by atoms with Gasteiger partial charge >= 0.3 is 0 Å². The molecule has 0 aliphatic rings. The van der Waals surface area contributed by atoms with Crippen molar-refractivity contribution in [3.05, 3.63) is 44.4 Å². The summed E-state index contributed by atoms with van der Waals surface area (Å²) in [7, 11) is 0. The number of carbonyl (C=O) groups is 2. The van der Waals surface area contributed by atoms with Crippen LogP contribution in [0.5, 0.6) is 0 Å². The first kappa shape index (κ1) is 17.9. The van der Waals surface area contributed by atoms with Gasteiger partial charge < -0.3 is 11.1 Å². The molecule has 2 rings (SSSR count). The van der Waals surface area contributed by atoms with E-state index in [0.717, 1.165) is 28.4 Å². The van der Waals surface area contributed by atoms with Crippen LogP contribution >= 0.6 is 23.1 Å². The number of amides is 2. The standard InChI is InChI=1S/C14H14N4O4S2/c1-7-8(2)24-14(16-7)17-12(19)6-23-11-4-3-9(13(15)20)5-10(11)18(21)22/h3-5H,6H2,1-2H3,(H2,15,20)(H,16,17,19). The van der Waals surface area contributed by atoms with E-state index >= 15 is 0 Å². The number of anilines is 1. The molecular formula is C14H14N4O4S2. The quantitative estimate of drug-likeness (QED) is 0.459. The fourth-order valence-electron chi connectivity index (χ4n) is 1.76. The zero-order chi connectivity index (χ0) is 17.9. The molecule has 0 saturated heterocycles. The molecule has 0 fully saturated rings. The van der Waals surface area contributed by atoms with Crippen LogP contribution in [0.3, 0.4) is 0 Å². The molecule has 8 nitrogen and oxygen atoms in total. The predicted molar refractivity (Wildman–Crippen MR) is 92.6 cm³/mol. The number of benzene rings is 1. The summed E-state index contributed by atoms with van der Waals surface area (Å²) in [6.07, 6.45) is 0. The highest BCUT2D eigenvalue weighted by Crippen LogP contribution is 2.30. The number of hydrogen-bond acceptors (Lipinski definition) is 7. The lowest BCUT2D eigenvalue weighted by molar-refractivity contribution is -0.387. The topological polar surface area (TPSA) is 128 Å². The Labute approximate surface area is 145 Å². The van der Waals surface area contributed by atoms with E-state index in [1.165, 1.54) is 23.5 Å². The number of nitro benzene ring substituents is 1. The van der Waals surface area contributed by atoms with Crippen molar-refractivity contribution >= 4 is 45.7 Å². The summed E-state index contributed by atoms with van der Waals surface area (Å²) in [6, 6.07) is 3.91. The average molecular weight is 366 g/mol. The van der Waals surface area contributed by atoms with Gasteiger partial charge in [-0.05, 0) is 26.0 Å². The van der Waals surface area contributed by atoms with Gasteiger partial charge in [-0.25, -0.2) is 4.98 Å². The van der Waals surface area contributed by atoms with Crippen LogP contribution in [-0.2, 0) is 4.79 Å². The maximum atomic E-state index is 12.0. The highest BCUT2D eigenvalue weighted by atomic mass is 32.2. The lowest BCUT2D eigenvalue weighted by Gasteiger charge is -2.04. The van der Waals surface area contributed by atoms with E-state index in [1.54, 1.807) is 0 Å². The molecule has 0 atom stereocenters. The third-order valence-electron chi connectivity index (χ3n) is 3.07.